The first kappa shape index (κ1) is 5.76. The van der Waals surface area contributed by atoms with E-state index in [0.717, 1.165) is 19.4 Å². The lowest BCUT2D eigenvalue weighted by atomic mass is 9.84. The third kappa shape index (κ3) is 0.757. The Balaban J connectivity index is 2.40. The van der Waals surface area contributed by atoms with Gasteiger partial charge in [-0.15, -0.1) is 0 Å². The summed E-state index contributed by atoms with van der Waals surface area (Å²) in [4.78, 5) is 12.4. The molecule has 0 N–H and O–H groups in total. The van der Waals surface area contributed by atoms with E-state index in [1.54, 1.807) is 0 Å². The summed E-state index contributed by atoms with van der Waals surface area (Å²) in [6, 6.07) is 0. The van der Waals surface area contributed by atoms with Crippen molar-refractivity contribution in [3.05, 3.63) is 0 Å². The number of carbonyl (C=O) groups excluding carboxylic acids is 1. The second-order valence-corrected chi connectivity index (χ2v) is 2.94. The van der Waals surface area contributed by atoms with Crippen LogP contribution in [0.3, 0.4) is 0 Å². The van der Waals surface area contributed by atoms with Gasteiger partial charge in [0.2, 0.25) is 0 Å². The normalized spacial score (nSPS) is 26.8. The van der Waals surface area contributed by atoms with E-state index in [0.29, 0.717) is 0 Å². The van der Waals surface area contributed by atoms with E-state index >= 15 is 0 Å². The molecule has 0 aromatic heterocycles. The Morgan fingerprint density at radius 2 is 2.12 bits per heavy atom. The minimum atomic E-state index is -0.0191. The number of nitrogens with zero attached hydrogens (tertiary/aromatic N) is 1. The van der Waals surface area contributed by atoms with Gasteiger partial charge < -0.3 is 9.69 Å². The van der Waals surface area contributed by atoms with Crippen LogP contribution in [0.4, 0.5) is 0 Å². The quantitative estimate of drug-likeness (QED) is 0.451. The highest BCUT2D eigenvalue weighted by atomic mass is 16.1. The monoisotopic (exact) mass is 113 g/mol. The van der Waals surface area contributed by atoms with E-state index in [2.05, 4.69) is 4.90 Å². The molecular weight excluding hydrogens is 102 g/mol. The minimum Gasteiger partial charge on any atom is -0.304 e. The molecule has 1 aliphatic rings. The van der Waals surface area contributed by atoms with Crippen molar-refractivity contribution in [3.8, 4) is 0 Å². The van der Waals surface area contributed by atoms with Crippen molar-refractivity contribution in [2.45, 2.75) is 6.92 Å². The van der Waals surface area contributed by atoms with Crippen molar-refractivity contribution >= 4 is 6.29 Å². The van der Waals surface area contributed by atoms with Gasteiger partial charge in [-0.3, -0.25) is 0 Å². The van der Waals surface area contributed by atoms with E-state index in [-0.39, 0.29) is 5.41 Å². The highest BCUT2D eigenvalue weighted by molar-refractivity contribution is 5.61. The van der Waals surface area contributed by atoms with Crippen molar-refractivity contribution in [1.29, 1.82) is 0 Å². The van der Waals surface area contributed by atoms with Crippen molar-refractivity contribution in [2.75, 3.05) is 20.1 Å². The van der Waals surface area contributed by atoms with Crippen LogP contribution in [-0.2, 0) is 4.79 Å². The first-order valence-corrected chi connectivity index (χ1v) is 2.81. The predicted molar refractivity (Wildman–Crippen MR) is 31.7 cm³/mol. The third-order valence-corrected chi connectivity index (χ3v) is 1.55. The molecule has 1 saturated heterocycles. The number of likely N-dealkylation sites (tertiary alicyclic amines) is 1. The van der Waals surface area contributed by atoms with Gasteiger partial charge in [-0.05, 0) is 7.05 Å². The van der Waals surface area contributed by atoms with Crippen LogP contribution in [0.1, 0.15) is 6.92 Å². The summed E-state index contributed by atoms with van der Waals surface area (Å²) in [7, 11) is 2.02. The van der Waals surface area contributed by atoms with Crippen LogP contribution in [-0.4, -0.2) is 31.3 Å². The fourth-order valence-corrected chi connectivity index (χ4v) is 1.26. The summed E-state index contributed by atoms with van der Waals surface area (Å²) in [5, 5.41) is 0. The molecule has 0 radical (unpaired) electrons. The molecule has 0 aromatic rings. The molecule has 46 valence electrons. The third-order valence-electron chi connectivity index (χ3n) is 1.55. The fraction of sp³-hybridized carbons (Fsp3) is 0.833. The molecule has 0 aliphatic carbocycles. The number of carbonyl (C=O) groups is 1. The number of hydrogen-bond donors (Lipinski definition) is 0. The minimum absolute atomic E-state index is 0.0191. The molecule has 1 aliphatic heterocycles. The van der Waals surface area contributed by atoms with Gasteiger partial charge in [0.15, 0.2) is 0 Å². The maximum atomic E-state index is 10.2. The zero-order chi connectivity index (χ0) is 6.20. The Hall–Kier alpha value is -0.370. The van der Waals surface area contributed by atoms with Gasteiger partial charge in [0, 0.05) is 18.5 Å². The number of rotatable bonds is 1. The second-order valence-electron chi connectivity index (χ2n) is 2.94. The molecule has 2 heteroatoms. The summed E-state index contributed by atoms with van der Waals surface area (Å²) in [5.74, 6) is 0. The predicted octanol–water partition coefficient (Wildman–Crippen LogP) is 0.137. The van der Waals surface area contributed by atoms with Crippen LogP contribution < -0.4 is 0 Å². The summed E-state index contributed by atoms with van der Waals surface area (Å²) in [6.07, 6.45) is 1.05. The van der Waals surface area contributed by atoms with Gasteiger partial charge in [0.1, 0.15) is 6.29 Å². The van der Waals surface area contributed by atoms with Crippen molar-refractivity contribution in [1.82, 2.24) is 4.90 Å². The largest absolute Gasteiger partial charge is 0.304 e. The van der Waals surface area contributed by atoms with Crippen LogP contribution >= 0.6 is 0 Å². The summed E-state index contributed by atoms with van der Waals surface area (Å²) in [5.41, 5.74) is -0.0191. The Morgan fingerprint density at radius 3 is 2.25 bits per heavy atom. The Morgan fingerprint density at radius 1 is 1.62 bits per heavy atom. The van der Waals surface area contributed by atoms with Crippen molar-refractivity contribution in [3.63, 3.8) is 0 Å². The van der Waals surface area contributed by atoms with Gasteiger partial charge in [-0.1, -0.05) is 6.92 Å². The van der Waals surface area contributed by atoms with Gasteiger partial charge in [0.25, 0.3) is 0 Å². The molecule has 0 spiro atoms. The van der Waals surface area contributed by atoms with Gasteiger partial charge in [-0.25, -0.2) is 0 Å². The lowest BCUT2D eigenvalue weighted by molar-refractivity contribution is -0.122. The first-order valence-electron chi connectivity index (χ1n) is 2.81. The zero-order valence-electron chi connectivity index (χ0n) is 5.35. The Labute approximate surface area is 49.5 Å². The molecule has 0 saturated carbocycles. The Bertz CT molecular complexity index is 105. The lowest BCUT2D eigenvalue weighted by Gasteiger charge is -2.41. The van der Waals surface area contributed by atoms with Gasteiger partial charge in [-0.2, -0.15) is 0 Å². The van der Waals surface area contributed by atoms with Crippen LogP contribution in [0.2, 0.25) is 0 Å². The standard InChI is InChI=1S/C6H11NO/c1-6(5-8)3-7(2)4-6/h5H,3-4H2,1-2H3. The number of hydrogen-bond acceptors (Lipinski definition) is 2. The SMILES string of the molecule is CN1CC(C)(C=O)C1. The Kier molecular flexibility index (Phi) is 1.12. The van der Waals surface area contributed by atoms with Crippen LogP contribution in [0.25, 0.3) is 0 Å². The zero-order valence-corrected chi connectivity index (χ0v) is 5.35. The van der Waals surface area contributed by atoms with Crippen LogP contribution in [0.5, 0.6) is 0 Å². The highest BCUT2D eigenvalue weighted by Gasteiger charge is 2.35. The van der Waals surface area contributed by atoms with Crippen LogP contribution in [0, 0.1) is 5.41 Å². The molecule has 0 unspecified atom stereocenters. The first-order chi connectivity index (χ1) is 3.66. The molecule has 0 amide bonds. The second kappa shape index (κ2) is 1.55. The molecule has 1 heterocycles. The number of aldehydes is 1. The smallest absolute Gasteiger partial charge is 0.128 e. The molecule has 2 nitrogen and oxygen atoms in total. The average Bonchev–Trinajstić information content (AvgIpc) is 1.63. The maximum Gasteiger partial charge on any atom is 0.128 e. The average molecular weight is 113 g/mol. The highest BCUT2D eigenvalue weighted by Crippen LogP contribution is 2.24. The molecular formula is C6H11NO. The molecule has 0 bridgehead atoms. The lowest BCUT2D eigenvalue weighted by Crippen LogP contribution is -2.53. The summed E-state index contributed by atoms with van der Waals surface area (Å²) < 4.78 is 0. The molecule has 0 atom stereocenters. The summed E-state index contributed by atoms with van der Waals surface area (Å²) >= 11 is 0. The van der Waals surface area contributed by atoms with Gasteiger partial charge >= 0.3 is 0 Å². The van der Waals surface area contributed by atoms with E-state index in [1.807, 2.05) is 14.0 Å². The van der Waals surface area contributed by atoms with E-state index in [9.17, 15) is 4.79 Å². The maximum absolute atomic E-state index is 10.2. The topological polar surface area (TPSA) is 20.3 Å². The molecule has 0 aromatic carbocycles. The van der Waals surface area contributed by atoms with E-state index in [1.165, 1.54) is 0 Å². The van der Waals surface area contributed by atoms with Gasteiger partial charge in [0.05, 0.1) is 0 Å². The van der Waals surface area contributed by atoms with E-state index in [4.69, 9.17) is 0 Å². The van der Waals surface area contributed by atoms with E-state index < -0.39 is 0 Å². The molecule has 8 heavy (non-hydrogen) atoms. The molecule has 1 fully saturated rings. The van der Waals surface area contributed by atoms with Crippen molar-refractivity contribution in [2.24, 2.45) is 5.41 Å². The van der Waals surface area contributed by atoms with Crippen LogP contribution in [0.15, 0.2) is 0 Å². The molecule has 1 rings (SSSR count). The summed E-state index contributed by atoms with van der Waals surface area (Å²) in [6.45, 7) is 3.84. The van der Waals surface area contributed by atoms with Crippen molar-refractivity contribution < 1.29 is 4.79 Å². The fourth-order valence-electron chi connectivity index (χ4n) is 1.26.